The van der Waals surface area contributed by atoms with Gasteiger partial charge in [0.1, 0.15) is 17.6 Å². The van der Waals surface area contributed by atoms with Crippen molar-refractivity contribution in [2.24, 2.45) is 4.99 Å². The second-order valence-corrected chi connectivity index (χ2v) is 6.94. The number of aliphatic hydroxyl groups is 1. The monoisotopic (exact) mass is 520 g/mol. The summed E-state index contributed by atoms with van der Waals surface area (Å²) in [5.41, 5.74) is 1.72. The number of methoxy groups -OCH3 is 2. The molecule has 1 unspecified atom stereocenters. The van der Waals surface area contributed by atoms with Gasteiger partial charge in [0.25, 0.3) is 0 Å². The van der Waals surface area contributed by atoms with Crippen molar-refractivity contribution < 1.29 is 14.6 Å². The fraction of sp³-hybridized carbons (Fsp3) is 0.474. The number of guanidine groups is 1. The van der Waals surface area contributed by atoms with Crippen LogP contribution in [0.5, 0.6) is 11.5 Å². The summed E-state index contributed by atoms with van der Waals surface area (Å²) in [6, 6.07) is 5.34. The summed E-state index contributed by atoms with van der Waals surface area (Å²) in [6.45, 7) is 5.66. The van der Waals surface area contributed by atoms with Crippen molar-refractivity contribution in [2.45, 2.75) is 26.4 Å². The Morgan fingerprint density at radius 2 is 2.07 bits per heavy atom. The van der Waals surface area contributed by atoms with Crippen LogP contribution < -0.4 is 20.1 Å². The fourth-order valence-corrected chi connectivity index (χ4v) is 3.20. The first kappa shape index (κ1) is 24.4. The number of hydrogen-bond acceptors (Lipinski definition) is 6. The molecule has 156 valence electrons. The average Bonchev–Trinajstić information content (AvgIpc) is 3.10. The molecule has 0 saturated carbocycles. The SMILES string of the molecule is CCNC(=NCC(O)c1cc(OC)ccc1OC)NCCc1csc(C)n1.I. The average molecular weight is 520 g/mol. The second kappa shape index (κ2) is 12.8. The lowest BCUT2D eigenvalue weighted by Crippen LogP contribution is -2.38. The molecule has 2 rings (SSSR count). The van der Waals surface area contributed by atoms with E-state index in [-0.39, 0.29) is 30.5 Å². The molecule has 0 aliphatic heterocycles. The number of benzene rings is 1. The van der Waals surface area contributed by atoms with Crippen LogP contribution in [-0.4, -0.2) is 49.9 Å². The number of halogens is 1. The number of ether oxygens (including phenoxy) is 2. The zero-order valence-corrected chi connectivity index (χ0v) is 19.8. The van der Waals surface area contributed by atoms with E-state index in [9.17, 15) is 5.11 Å². The number of aliphatic hydroxyl groups excluding tert-OH is 1. The zero-order valence-electron chi connectivity index (χ0n) is 16.7. The highest BCUT2D eigenvalue weighted by molar-refractivity contribution is 14.0. The first-order chi connectivity index (χ1) is 13.1. The van der Waals surface area contributed by atoms with Crippen molar-refractivity contribution >= 4 is 41.3 Å². The van der Waals surface area contributed by atoms with Crippen molar-refractivity contribution in [2.75, 3.05) is 33.9 Å². The molecule has 28 heavy (non-hydrogen) atoms. The molecule has 0 aliphatic rings. The van der Waals surface area contributed by atoms with Crippen LogP contribution >= 0.6 is 35.3 Å². The Bertz CT molecular complexity index is 755. The summed E-state index contributed by atoms with van der Waals surface area (Å²) in [4.78, 5) is 8.94. The van der Waals surface area contributed by atoms with Crippen molar-refractivity contribution in [3.63, 3.8) is 0 Å². The second-order valence-electron chi connectivity index (χ2n) is 5.88. The van der Waals surface area contributed by atoms with E-state index in [1.54, 1.807) is 43.8 Å². The lowest BCUT2D eigenvalue weighted by molar-refractivity contribution is 0.182. The molecule has 0 saturated heterocycles. The Morgan fingerprint density at radius 3 is 2.68 bits per heavy atom. The number of aliphatic imine (C=N–C) groups is 1. The van der Waals surface area contributed by atoms with E-state index in [1.165, 1.54) is 0 Å². The van der Waals surface area contributed by atoms with Crippen molar-refractivity contribution in [1.82, 2.24) is 15.6 Å². The van der Waals surface area contributed by atoms with Crippen LogP contribution in [0.25, 0.3) is 0 Å². The number of hydrogen-bond donors (Lipinski definition) is 3. The van der Waals surface area contributed by atoms with Crippen molar-refractivity contribution in [3.8, 4) is 11.5 Å². The molecule has 0 aliphatic carbocycles. The molecule has 0 spiro atoms. The van der Waals surface area contributed by atoms with Crippen LogP contribution in [0.2, 0.25) is 0 Å². The van der Waals surface area contributed by atoms with Crippen LogP contribution in [0, 0.1) is 6.92 Å². The van der Waals surface area contributed by atoms with Gasteiger partial charge in [-0.05, 0) is 32.0 Å². The van der Waals surface area contributed by atoms with Crippen molar-refractivity contribution in [3.05, 3.63) is 39.8 Å². The van der Waals surface area contributed by atoms with Gasteiger partial charge in [-0.15, -0.1) is 35.3 Å². The minimum absolute atomic E-state index is 0. The summed E-state index contributed by atoms with van der Waals surface area (Å²) < 4.78 is 10.6. The van der Waals surface area contributed by atoms with Gasteiger partial charge in [0.2, 0.25) is 0 Å². The number of aryl methyl sites for hydroxylation is 1. The Kier molecular flexibility index (Phi) is 11.2. The van der Waals surface area contributed by atoms with Crippen LogP contribution in [0.15, 0.2) is 28.6 Å². The topological polar surface area (TPSA) is 88.0 Å². The normalized spacial score (nSPS) is 12.1. The number of nitrogens with one attached hydrogen (secondary N) is 2. The summed E-state index contributed by atoms with van der Waals surface area (Å²) in [6.07, 6.45) is 0.0211. The predicted octanol–water partition coefficient (Wildman–Crippen LogP) is 2.92. The van der Waals surface area contributed by atoms with Gasteiger partial charge in [-0.2, -0.15) is 0 Å². The predicted molar refractivity (Wildman–Crippen MR) is 124 cm³/mol. The molecule has 3 N–H and O–H groups in total. The number of thiazole rings is 1. The van der Waals surface area contributed by atoms with Gasteiger partial charge in [0.15, 0.2) is 5.96 Å². The molecule has 1 aromatic carbocycles. The molecule has 1 aromatic heterocycles. The number of aromatic nitrogens is 1. The quantitative estimate of drug-likeness (QED) is 0.268. The van der Waals surface area contributed by atoms with Crippen molar-refractivity contribution in [1.29, 1.82) is 0 Å². The Balaban J connectivity index is 0.00000392. The summed E-state index contributed by atoms with van der Waals surface area (Å²) in [7, 11) is 3.17. The largest absolute Gasteiger partial charge is 0.497 e. The molecular formula is C19H29IN4O3S. The number of rotatable bonds is 9. The Hall–Kier alpha value is -1.59. The van der Waals surface area contributed by atoms with E-state index in [0.717, 1.165) is 23.7 Å². The molecule has 1 heterocycles. The smallest absolute Gasteiger partial charge is 0.191 e. The van der Waals surface area contributed by atoms with E-state index in [2.05, 4.69) is 26.0 Å². The van der Waals surface area contributed by atoms with Crippen LogP contribution in [0.4, 0.5) is 0 Å². The molecule has 0 amide bonds. The van der Waals surface area contributed by atoms with Gasteiger partial charge < -0.3 is 25.2 Å². The minimum atomic E-state index is -0.799. The van der Waals surface area contributed by atoms with Gasteiger partial charge in [-0.3, -0.25) is 4.99 Å². The zero-order chi connectivity index (χ0) is 19.6. The molecule has 0 bridgehead atoms. The highest BCUT2D eigenvalue weighted by Crippen LogP contribution is 2.29. The molecule has 2 aromatic rings. The lowest BCUT2D eigenvalue weighted by atomic mass is 10.1. The van der Waals surface area contributed by atoms with E-state index in [4.69, 9.17) is 9.47 Å². The third-order valence-electron chi connectivity index (χ3n) is 3.90. The molecular weight excluding hydrogens is 491 g/mol. The van der Waals surface area contributed by atoms with E-state index < -0.39 is 6.10 Å². The third kappa shape index (κ3) is 7.44. The first-order valence-corrected chi connectivity index (χ1v) is 9.78. The third-order valence-corrected chi connectivity index (χ3v) is 4.72. The van der Waals surface area contributed by atoms with Crippen LogP contribution in [-0.2, 0) is 6.42 Å². The van der Waals surface area contributed by atoms with Crippen LogP contribution in [0.3, 0.4) is 0 Å². The van der Waals surface area contributed by atoms with Gasteiger partial charge in [-0.25, -0.2) is 4.98 Å². The Labute approximate surface area is 187 Å². The minimum Gasteiger partial charge on any atom is -0.497 e. The maximum atomic E-state index is 10.6. The molecule has 1 atom stereocenters. The molecule has 9 heteroatoms. The van der Waals surface area contributed by atoms with Gasteiger partial charge >= 0.3 is 0 Å². The first-order valence-electron chi connectivity index (χ1n) is 8.90. The van der Waals surface area contributed by atoms with E-state index >= 15 is 0 Å². The van der Waals surface area contributed by atoms with Gasteiger partial charge in [-0.1, -0.05) is 0 Å². The van der Waals surface area contributed by atoms with Crippen LogP contribution in [0.1, 0.15) is 29.3 Å². The maximum absolute atomic E-state index is 10.6. The Morgan fingerprint density at radius 1 is 1.29 bits per heavy atom. The summed E-state index contributed by atoms with van der Waals surface area (Å²) in [5.74, 6) is 1.93. The lowest BCUT2D eigenvalue weighted by Gasteiger charge is -2.16. The van der Waals surface area contributed by atoms with E-state index in [0.29, 0.717) is 29.6 Å². The van der Waals surface area contributed by atoms with Gasteiger partial charge in [0.05, 0.1) is 31.5 Å². The number of nitrogens with zero attached hydrogens (tertiary/aromatic N) is 2. The molecule has 7 nitrogen and oxygen atoms in total. The summed E-state index contributed by atoms with van der Waals surface area (Å²) in [5, 5.41) is 20.2. The fourth-order valence-electron chi connectivity index (χ4n) is 2.55. The van der Waals surface area contributed by atoms with E-state index in [1.807, 2.05) is 13.8 Å². The maximum Gasteiger partial charge on any atom is 0.191 e. The highest BCUT2D eigenvalue weighted by atomic mass is 127. The summed E-state index contributed by atoms with van der Waals surface area (Å²) >= 11 is 1.65. The van der Waals surface area contributed by atoms with Gasteiger partial charge in [0, 0.05) is 30.5 Å². The molecule has 0 fully saturated rings. The molecule has 0 radical (unpaired) electrons. The standard InChI is InChI=1S/C19H28N4O3S.HI/c1-5-20-19(21-9-8-14-12-27-13(2)23-14)22-11-17(24)16-10-15(25-3)6-7-18(16)26-4;/h6-7,10,12,17,24H,5,8-9,11H2,1-4H3,(H2,20,21,22);1H. The highest BCUT2D eigenvalue weighted by Gasteiger charge is 2.14.